The molecular formula is C25H25F8NO4. The minimum atomic E-state index is -4.64. The number of Topliss-reactive ketones (excluding diaryl/α,β-unsaturated/α-hetero) is 1. The van der Waals surface area contributed by atoms with Gasteiger partial charge in [-0.2, -0.15) is 26.3 Å². The Labute approximate surface area is 213 Å². The van der Waals surface area contributed by atoms with Gasteiger partial charge in [-0.25, -0.2) is 8.78 Å². The molecule has 0 spiro atoms. The third-order valence-electron chi connectivity index (χ3n) is 4.35. The molecule has 0 saturated heterocycles. The van der Waals surface area contributed by atoms with E-state index in [0.29, 0.717) is 12.2 Å². The first-order valence-corrected chi connectivity index (χ1v) is 10.1. The molecule has 0 bridgehead atoms. The Bertz CT molecular complexity index is 1080. The second kappa shape index (κ2) is 15.6. The van der Waals surface area contributed by atoms with Gasteiger partial charge < -0.3 is 14.7 Å². The predicted molar refractivity (Wildman–Crippen MR) is 124 cm³/mol. The average Bonchev–Trinajstić information content (AvgIpc) is 2.82. The Hall–Kier alpha value is -3.58. The Morgan fingerprint density at radius 1 is 0.816 bits per heavy atom. The van der Waals surface area contributed by atoms with Crippen molar-refractivity contribution in [3.05, 3.63) is 96.6 Å². The molecule has 0 radical (unpaired) electrons. The highest BCUT2D eigenvalue weighted by molar-refractivity contribution is 6.01. The summed E-state index contributed by atoms with van der Waals surface area (Å²) >= 11 is 0. The number of ether oxygens (including phenoxy) is 2. The lowest BCUT2D eigenvalue weighted by Crippen LogP contribution is -2.31. The first-order chi connectivity index (χ1) is 17.3. The van der Waals surface area contributed by atoms with Crippen molar-refractivity contribution in [3.63, 3.8) is 0 Å². The summed E-state index contributed by atoms with van der Waals surface area (Å²) in [4.78, 5) is 11.4. The zero-order valence-corrected chi connectivity index (χ0v) is 18.9. The van der Waals surface area contributed by atoms with E-state index >= 15 is 0 Å². The normalized spacial score (nSPS) is 13.3. The molecule has 2 aromatic rings. The number of carbonyl (C=O) groups is 1. The predicted octanol–water partition coefficient (Wildman–Crippen LogP) is 6.92. The van der Waals surface area contributed by atoms with Crippen LogP contribution in [0.1, 0.15) is 23.3 Å². The van der Waals surface area contributed by atoms with Gasteiger partial charge in [0, 0.05) is 5.56 Å². The van der Waals surface area contributed by atoms with Gasteiger partial charge in [0.25, 0.3) is 0 Å². The lowest BCUT2D eigenvalue weighted by Gasteiger charge is -2.17. The summed E-state index contributed by atoms with van der Waals surface area (Å²) in [5, 5.41) is 11.5. The van der Waals surface area contributed by atoms with Crippen LogP contribution < -0.4 is 0 Å². The van der Waals surface area contributed by atoms with Gasteiger partial charge in [-0.1, -0.05) is 49.0 Å². The van der Waals surface area contributed by atoms with Crippen LogP contribution in [0, 0.1) is 11.6 Å². The quantitative estimate of drug-likeness (QED) is 0.0864. The van der Waals surface area contributed by atoms with Gasteiger partial charge >= 0.3 is 12.4 Å². The third kappa shape index (κ3) is 10.8. The molecule has 0 aliphatic rings. The smallest absolute Gasteiger partial charge is 0.411 e. The summed E-state index contributed by atoms with van der Waals surface area (Å²) in [5.74, 6) is -2.38. The van der Waals surface area contributed by atoms with Gasteiger partial charge in [0.1, 0.15) is 24.0 Å². The number of nitrogens with zero attached hydrogens (tertiary/aromatic N) is 1. The summed E-state index contributed by atoms with van der Waals surface area (Å²) in [7, 11) is 0. The molecule has 0 saturated carbocycles. The van der Waals surface area contributed by atoms with E-state index in [1.807, 2.05) is 0 Å². The highest BCUT2D eigenvalue weighted by atomic mass is 19.4. The molecule has 5 nitrogen and oxygen atoms in total. The van der Waals surface area contributed by atoms with Crippen molar-refractivity contribution in [1.29, 1.82) is 0 Å². The van der Waals surface area contributed by atoms with E-state index in [0.717, 1.165) is 12.1 Å². The molecule has 38 heavy (non-hydrogen) atoms. The average molecular weight is 555 g/mol. The van der Waals surface area contributed by atoms with Crippen LogP contribution in [-0.2, 0) is 9.47 Å². The second-order valence-electron chi connectivity index (χ2n) is 6.95. The van der Waals surface area contributed by atoms with Crippen LogP contribution in [0.15, 0.2) is 79.0 Å². The van der Waals surface area contributed by atoms with E-state index in [9.17, 15) is 39.9 Å². The summed E-state index contributed by atoms with van der Waals surface area (Å²) < 4.78 is 109. The minimum Gasteiger partial charge on any atom is -0.411 e. The van der Waals surface area contributed by atoms with Crippen LogP contribution in [0.4, 0.5) is 35.1 Å². The van der Waals surface area contributed by atoms with Crippen molar-refractivity contribution >= 4 is 11.5 Å². The molecule has 0 aliphatic carbocycles. The van der Waals surface area contributed by atoms with E-state index in [2.05, 4.69) is 27.8 Å². The topological polar surface area (TPSA) is 68.1 Å². The highest BCUT2D eigenvalue weighted by Gasteiger charge is 2.39. The maximum Gasteiger partial charge on any atom is 0.418 e. The van der Waals surface area contributed by atoms with Gasteiger partial charge in [0.05, 0.1) is 12.2 Å². The van der Waals surface area contributed by atoms with Crippen LogP contribution in [0.5, 0.6) is 0 Å². The number of hydrogen-bond acceptors (Lipinski definition) is 5. The molecule has 13 heteroatoms. The molecule has 0 fully saturated rings. The number of ketones is 1. The molecule has 2 unspecified atom stereocenters. The van der Waals surface area contributed by atoms with Crippen molar-refractivity contribution in [2.24, 2.45) is 5.16 Å². The molecule has 1 N–H and O–H groups in total. The fourth-order valence-corrected chi connectivity index (χ4v) is 2.55. The molecule has 210 valence electrons. The fraction of sp³-hybridized carbons (Fsp3) is 0.280. The zero-order valence-electron chi connectivity index (χ0n) is 18.9. The number of alkyl halides is 6. The van der Waals surface area contributed by atoms with Gasteiger partial charge in [-0.15, -0.1) is 13.2 Å². The fourth-order valence-electron chi connectivity index (χ4n) is 2.55. The molecule has 2 atom stereocenters. The van der Waals surface area contributed by atoms with E-state index in [1.165, 1.54) is 36.4 Å². The molecule has 0 aromatic heterocycles. The Morgan fingerprint density at radius 3 is 1.58 bits per heavy atom. The monoisotopic (exact) mass is 555 g/mol. The number of rotatable bonds is 10. The van der Waals surface area contributed by atoms with Gasteiger partial charge in [-0.05, 0) is 24.3 Å². The number of benzene rings is 2. The van der Waals surface area contributed by atoms with Gasteiger partial charge in [0.2, 0.25) is 0 Å². The van der Waals surface area contributed by atoms with E-state index in [4.69, 9.17) is 5.21 Å². The first kappa shape index (κ1) is 34.4. The van der Waals surface area contributed by atoms with Crippen molar-refractivity contribution in [2.75, 3.05) is 13.2 Å². The molecule has 0 amide bonds. The maximum atomic E-state index is 13.4. The summed E-state index contributed by atoms with van der Waals surface area (Å²) in [6, 6.07) is 10.2. The van der Waals surface area contributed by atoms with Crippen LogP contribution in [0.3, 0.4) is 0 Å². The standard InChI is InChI=1S/C12H11F4NO2.C12H10F4O2.CH4/c1-2-11(12(14,15)16)19-7-10(17-18)8-5-3-4-6-9(8)13;1-2-11(12(14,15)16)18-7-10(17)8-5-3-4-6-9(8)13;/h2-6,11,18H,1,7H2;2-6,11H,1,7H2;1H4/b17-10+;;. The van der Waals surface area contributed by atoms with E-state index in [-0.39, 0.29) is 24.3 Å². The lowest BCUT2D eigenvalue weighted by atomic mass is 10.1. The first-order valence-electron chi connectivity index (χ1n) is 10.1. The second-order valence-corrected chi connectivity index (χ2v) is 6.95. The molecule has 2 rings (SSSR count). The number of halogens is 8. The Balaban J connectivity index is 0.000000703. The summed E-state index contributed by atoms with van der Waals surface area (Å²) in [6.45, 7) is 4.40. The number of carbonyl (C=O) groups excluding carboxylic acids is 1. The minimum absolute atomic E-state index is 0. The van der Waals surface area contributed by atoms with E-state index < -0.39 is 55.2 Å². The van der Waals surface area contributed by atoms with Crippen molar-refractivity contribution in [2.45, 2.75) is 32.0 Å². The van der Waals surface area contributed by atoms with Gasteiger partial charge in [0.15, 0.2) is 18.0 Å². The largest absolute Gasteiger partial charge is 0.418 e. The summed E-state index contributed by atoms with van der Waals surface area (Å²) in [5.41, 5.74) is -0.772. The number of oxime groups is 1. The van der Waals surface area contributed by atoms with Crippen molar-refractivity contribution < 1.29 is 54.6 Å². The maximum absolute atomic E-state index is 13.4. The lowest BCUT2D eigenvalue weighted by molar-refractivity contribution is -0.200. The molecular weight excluding hydrogens is 530 g/mol. The molecule has 2 aromatic carbocycles. The highest BCUT2D eigenvalue weighted by Crippen LogP contribution is 2.25. The van der Waals surface area contributed by atoms with Crippen LogP contribution >= 0.6 is 0 Å². The molecule has 0 aliphatic heterocycles. The SMILES string of the molecule is C.C=CC(OC/C(=N\O)c1ccccc1F)C(F)(F)F.C=CC(OCC(=O)c1ccccc1F)C(F)(F)F. The van der Waals surface area contributed by atoms with Crippen LogP contribution in [0.2, 0.25) is 0 Å². The summed E-state index contributed by atoms with van der Waals surface area (Å²) in [6.07, 6.45) is -12.6. The third-order valence-corrected chi connectivity index (χ3v) is 4.35. The number of hydrogen-bond donors (Lipinski definition) is 1. The van der Waals surface area contributed by atoms with Crippen molar-refractivity contribution in [3.8, 4) is 0 Å². The Kier molecular flexibility index (Phi) is 14.1. The zero-order chi connectivity index (χ0) is 28.2. The van der Waals surface area contributed by atoms with Crippen LogP contribution in [-0.4, -0.2) is 54.5 Å². The van der Waals surface area contributed by atoms with E-state index in [1.54, 1.807) is 0 Å². The van der Waals surface area contributed by atoms with Gasteiger partial charge in [-0.3, -0.25) is 4.79 Å². The van der Waals surface area contributed by atoms with Crippen molar-refractivity contribution in [1.82, 2.24) is 0 Å². The Morgan fingerprint density at radius 2 is 1.21 bits per heavy atom. The van der Waals surface area contributed by atoms with Crippen LogP contribution in [0.25, 0.3) is 0 Å². The molecule has 0 heterocycles.